The highest BCUT2D eigenvalue weighted by molar-refractivity contribution is 5.88. The van der Waals surface area contributed by atoms with Crippen molar-refractivity contribution in [2.75, 3.05) is 0 Å². The summed E-state index contributed by atoms with van der Waals surface area (Å²) in [4.78, 5) is 34.9. The van der Waals surface area contributed by atoms with E-state index in [2.05, 4.69) is 5.32 Å². The normalized spacial score (nSPS) is 14.1. The number of aromatic nitrogens is 1. The number of nitrogens with zero attached hydrogens (tertiary/aromatic N) is 1. The van der Waals surface area contributed by atoms with E-state index in [1.54, 1.807) is 19.9 Å². The van der Waals surface area contributed by atoms with Gasteiger partial charge in [0.15, 0.2) is 0 Å². The third-order valence-electron chi connectivity index (χ3n) is 3.42. The smallest absolute Gasteiger partial charge is 0.341 e. The van der Waals surface area contributed by atoms with Gasteiger partial charge in [0.05, 0.1) is 0 Å². The topological polar surface area (TPSA) is 88.4 Å². The van der Waals surface area contributed by atoms with Crippen molar-refractivity contribution < 1.29 is 14.7 Å². The predicted octanol–water partition coefficient (Wildman–Crippen LogP) is 0.832. The van der Waals surface area contributed by atoms with Gasteiger partial charge in [-0.25, -0.2) is 4.79 Å². The first-order valence-corrected chi connectivity index (χ1v) is 6.64. The molecule has 6 nitrogen and oxygen atoms in total. The average molecular weight is 278 g/mol. The molecule has 0 bridgehead atoms. The van der Waals surface area contributed by atoms with Crippen LogP contribution in [0.4, 0.5) is 0 Å². The number of carboxylic acids is 1. The van der Waals surface area contributed by atoms with E-state index >= 15 is 0 Å². The zero-order valence-corrected chi connectivity index (χ0v) is 11.6. The largest absolute Gasteiger partial charge is 0.477 e. The molecular formula is C14H18N2O4. The molecular weight excluding hydrogens is 260 g/mol. The number of nitrogens with one attached hydrogen (secondary N) is 1. The van der Waals surface area contributed by atoms with E-state index < -0.39 is 11.5 Å². The van der Waals surface area contributed by atoms with Gasteiger partial charge in [-0.15, -0.1) is 0 Å². The highest BCUT2D eigenvalue weighted by Gasteiger charge is 2.23. The molecule has 1 aromatic heterocycles. The first-order chi connectivity index (χ1) is 9.40. The average Bonchev–Trinajstić information content (AvgIpc) is 3.11. The third-order valence-corrected chi connectivity index (χ3v) is 3.42. The van der Waals surface area contributed by atoms with E-state index in [1.807, 2.05) is 0 Å². The summed E-state index contributed by atoms with van der Waals surface area (Å²) in [6.07, 6.45) is 2.20. The molecule has 1 saturated carbocycles. The molecule has 0 unspecified atom stereocenters. The molecule has 0 aromatic carbocycles. The first-order valence-electron chi connectivity index (χ1n) is 6.64. The lowest BCUT2D eigenvalue weighted by Gasteiger charge is -2.12. The zero-order chi connectivity index (χ0) is 14.9. The van der Waals surface area contributed by atoms with Crippen LogP contribution in [0.2, 0.25) is 0 Å². The first kappa shape index (κ1) is 14.3. The number of carboxylic acid groups (broad SMARTS) is 1. The molecule has 2 rings (SSSR count). The summed E-state index contributed by atoms with van der Waals surface area (Å²) in [6.45, 7) is 3.53. The summed E-state index contributed by atoms with van der Waals surface area (Å²) in [5, 5.41) is 11.9. The van der Waals surface area contributed by atoms with Crippen molar-refractivity contribution in [1.29, 1.82) is 0 Å². The summed E-state index contributed by atoms with van der Waals surface area (Å²) in [7, 11) is 0. The number of carbonyl (C=O) groups excluding carboxylic acids is 1. The lowest BCUT2D eigenvalue weighted by molar-refractivity contribution is -0.121. The van der Waals surface area contributed by atoms with Crippen LogP contribution < -0.4 is 10.9 Å². The molecule has 1 aliphatic carbocycles. The second-order valence-corrected chi connectivity index (χ2v) is 5.20. The van der Waals surface area contributed by atoms with E-state index in [4.69, 9.17) is 5.11 Å². The Morgan fingerprint density at radius 3 is 2.60 bits per heavy atom. The molecule has 1 fully saturated rings. The van der Waals surface area contributed by atoms with Crippen LogP contribution in [-0.4, -0.2) is 27.6 Å². The van der Waals surface area contributed by atoms with Crippen LogP contribution in [0.15, 0.2) is 10.9 Å². The summed E-state index contributed by atoms with van der Waals surface area (Å²) in [5.41, 5.74) is 0.336. The maximum absolute atomic E-state index is 12.1. The summed E-state index contributed by atoms with van der Waals surface area (Å²) >= 11 is 0. The molecule has 108 valence electrons. The van der Waals surface area contributed by atoms with Crippen LogP contribution in [0.3, 0.4) is 0 Å². The van der Waals surface area contributed by atoms with Gasteiger partial charge in [0.25, 0.3) is 5.56 Å². The van der Waals surface area contributed by atoms with Gasteiger partial charge in [-0.3, -0.25) is 9.59 Å². The van der Waals surface area contributed by atoms with Crippen molar-refractivity contribution in [3.8, 4) is 0 Å². The SMILES string of the molecule is Cc1cc(C)n(CCC(=O)NC2CC2)c(=O)c1C(=O)O. The minimum Gasteiger partial charge on any atom is -0.477 e. The number of rotatable bonds is 5. The van der Waals surface area contributed by atoms with E-state index in [9.17, 15) is 14.4 Å². The second-order valence-electron chi connectivity index (χ2n) is 5.20. The van der Waals surface area contributed by atoms with Crippen molar-refractivity contribution in [1.82, 2.24) is 9.88 Å². The van der Waals surface area contributed by atoms with Crippen LogP contribution in [0.25, 0.3) is 0 Å². The van der Waals surface area contributed by atoms with Gasteiger partial charge < -0.3 is 15.0 Å². The predicted molar refractivity (Wildman–Crippen MR) is 72.9 cm³/mol. The molecule has 0 aliphatic heterocycles. The van der Waals surface area contributed by atoms with Crippen LogP contribution >= 0.6 is 0 Å². The van der Waals surface area contributed by atoms with Crippen molar-refractivity contribution in [3.63, 3.8) is 0 Å². The van der Waals surface area contributed by atoms with Crippen molar-refractivity contribution >= 4 is 11.9 Å². The van der Waals surface area contributed by atoms with Crippen LogP contribution in [0.5, 0.6) is 0 Å². The Hall–Kier alpha value is -2.11. The van der Waals surface area contributed by atoms with Crippen LogP contribution in [0.1, 0.15) is 40.9 Å². The van der Waals surface area contributed by atoms with Gasteiger partial charge in [0.2, 0.25) is 5.91 Å². The fraction of sp³-hybridized carbons (Fsp3) is 0.500. The lowest BCUT2D eigenvalue weighted by Crippen LogP contribution is -2.32. The molecule has 1 heterocycles. The van der Waals surface area contributed by atoms with Gasteiger partial charge >= 0.3 is 5.97 Å². The van der Waals surface area contributed by atoms with E-state index in [-0.39, 0.29) is 30.5 Å². The number of carbonyl (C=O) groups is 2. The fourth-order valence-corrected chi connectivity index (χ4v) is 2.21. The van der Waals surface area contributed by atoms with Gasteiger partial charge in [-0.1, -0.05) is 0 Å². The molecule has 0 saturated heterocycles. The molecule has 0 atom stereocenters. The van der Waals surface area contributed by atoms with E-state index in [0.29, 0.717) is 11.3 Å². The molecule has 1 amide bonds. The van der Waals surface area contributed by atoms with E-state index in [1.165, 1.54) is 4.57 Å². The van der Waals surface area contributed by atoms with Gasteiger partial charge in [-0.2, -0.15) is 0 Å². The van der Waals surface area contributed by atoms with Crippen molar-refractivity contribution in [3.05, 3.63) is 33.2 Å². The van der Waals surface area contributed by atoms with E-state index in [0.717, 1.165) is 12.8 Å². The zero-order valence-electron chi connectivity index (χ0n) is 11.6. The second kappa shape index (κ2) is 5.48. The Kier molecular flexibility index (Phi) is 3.92. The molecule has 6 heteroatoms. The van der Waals surface area contributed by atoms with Crippen molar-refractivity contribution in [2.24, 2.45) is 0 Å². The molecule has 1 aromatic rings. The quantitative estimate of drug-likeness (QED) is 0.835. The number of hydrogen-bond acceptors (Lipinski definition) is 3. The van der Waals surface area contributed by atoms with Gasteiger partial charge in [0, 0.05) is 24.7 Å². The molecule has 0 radical (unpaired) electrons. The Morgan fingerprint density at radius 2 is 2.05 bits per heavy atom. The summed E-state index contributed by atoms with van der Waals surface area (Å²) in [5.74, 6) is -1.33. The number of aromatic carboxylic acids is 1. The third kappa shape index (κ3) is 3.07. The lowest BCUT2D eigenvalue weighted by atomic mass is 10.1. The number of hydrogen-bond donors (Lipinski definition) is 2. The van der Waals surface area contributed by atoms with Crippen molar-refractivity contribution in [2.45, 2.75) is 45.7 Å². The molecule has 2 N–H and O–H groups in total. The highest BCUT2D eigenvalue weighted by atomic mass is 16.4. The maximum Gasteiger partial charge on any atom is 0.341 e. The number of amides is 1. The van der Waals surface area contributed by atoms with Gasteiger partial charge in [0.1, 0.15) is 5.56 Å². The van der Waals surface area contributed by atoms with Crippen LogP contribution in [-0.2, 0) is 11.3 Å². The standard InChI is InChI=1S/C14H18N2O4/c1-8-7-9(2)16(13(18)12(8)14(19)20)6-5-11(17)15-10-3-4-10/h7,10H,3-6H2,1-2H3,(H,15,17)(H,19,20). The fourth-order valence-electron chi connectivity index (χ4n) is 2.21. The Bertz CT molecular complexity index is 614. The number of pyridine rings is 1. The minimum atomic E-state index is -1.23. The Balaban J connectivity index is 2.18. The maximum atomic E-state index is 12.1. The Morgan fingerprint density at radius 1 is 1.40 bits per heavy atom. The molecule has 1 aliphatic rings. The number of aryl methyl sites for hydroxylation is 2. The monoisotopic (exact) mass is 278 g/mol. The minimum absolute atomic E-state index is 0.101. The highest BCUT2D eigenvalue weighted by Crippen LogP contribution is 2.18. The van der Waals surface area contributed by atoms with Crippen LogP contribution in [0, 0.1) is 13.8 Å². The van der Waals surface area contributed by atoms with Gasteiger partial charge in [-0.05, 0) is 38.3 Å². The summed E-state index contributed by atoms with van der Waals surface area (Å²) < 4.78 is 1.35. The Labute approximate surface area is 116 Å². The molecule has 0 spiro atoms. The molecule has 20 heavy (non-hydrogen) atoms. The summed E-state index contributed by atoms with van der Waals surface area (Å²) in [6, 6.07) is 1.94.